The Labute approximate surface area is 162 Å². The first-order chi connectivity index (χ1) is 12.5. The van der Waals surface area contributed by atoms with Crippen LogP contribution in [0.5, 0.6) is 0 Å². The summed E-state index contributed by atoms with van der Waals surface area (Å²) >= 11 is 12.2. The van der Waals surface area contributed by atoms with E-state index in [1.54, 1.807) is 42.5 Å². The Balaban J connectivity index is 2.35. The number of carbonyl (C=O) groups excluding carboxylic acids is 2. The molecule has 132 valence electrons. The molecule has 0 spiro atoms. The van der Waals surface area contributed by atoms with Crippen LogP contribution in [0.1, 0.15) is 11.1 Å². The van der Waals surface area contributed by atoms with Gasteiger partial charge in [-0.15, -0.1) is 6.42 Å². The summed E-state index contributed by atoms with van der Waals surface area (Å²) in [6, 6.07) is 11.9. The lowest BCUT2D eigenvalue weighted by Gasteiger charge is -2.21. The molecule has 2 rings (SSSR count). The topological polar surface area (TPSA) is 49.4 Å². The van der Waals surface area contributed by atoms with Gasteiger partial charge in [0, 0.05) is 40.0 Å². The predicted octanol–water partition coefficient (Wildman–Crippen LogP) is 3.77. The Morgan fingerprint density at radius 2 is 1.85 bits per heavy atom. The maximum atomic E-state index is 12.7. The van der Waals surface area contributed by atoms with Gasteiger partial charge in [-0.1, -0.05) is 41.3 Å². The number of amides is 2. The normalized spacial score (nSPS) is 10.4. The molecule has 0 atom stereocenters. The van der Waals surface area contributed by atoms with Crippen LogP contribution in [0.4, 0.5) is 5.69 Å². The highest BCUT2D eigenvalue weighted by atomic mass is 35.5. The van der Waals surface area contributed by atoms with Crippen molar-refractivity contribution in [2.45, 2.75) is 0 Å². The number of rotatable bonds is 5. The third kappa shape index (κ3) is 4.89. The third-order valence-electron chi connectivity index (χ3n) is 3.56. The summed E-state index contributed by atoms with van der Waals surface area (Å²) in [5, 5.41) is 3.35. The molecule has 0 saturated heterocycles. The fourth-order valence-electron chi connectivity index (χ4n) is 2.20. The van der Waals surface area contributed by atoms with E-state index < -0.39 is 5.91 Å². The van der Waals surface area contributed by atoms with E-state index in [1.807, 2.05) is 0 Å². The number of hydrogen-bond donors (Lipinski definition) is 1. The van der Waals surface area contributed by atoms with E-state index in [0.717, 1.165) is 0 Å². The van der Waals surface area contributed by atoms with E-state index >= 15 is 0 Å². The molecule has 1 N–H and O–H groups in total. The monoisotopic (exact) mass is 386 g/mol. The second-order valence-electron chi connectivity index (χ2n) is 5.26. The summed E-state index contributed by atoms with van der Waals surface area (Å²) in [6.07, 6.45) is 8.26. The van der Waals surface area contributed by atoms with Crippen molar-refractivity contribution in [3.05, 3.63) is 69.7 Å². The van der Waals surface area contributed by atoms with Crippen LogP contribution >= 0.6 is 23.2 Å². The summed E-state index contributed by atoms with van der Waals surface area (Å²) in [4.78, 5) is 25.9. The summed E-state index contributed by atoms with van der Waals surface area (Å²) in [5.74, 6) is 1.79. The molecule has 0 unspecified atom stereocenters. The van der Waals surface area contributed by atoms with Gasteiger partial charge in [-0.25, -0.2) is 0 Å². The lowest BCUT2D eigenvalue weighted by atomic mass is 10.1. The molecule has 0 aliphatic rings. The fourth-order valence-corrected chi connectivity index (χ4v) is 2.72. The third-order valence-corrected chi connectivity index (χ3v) is 4.22. The van der Waals surface area contributed by atoms with Gasteiger partial charge >= 0.3 is 0 Å². The minimum atomic E-state index is -0.404. The van der Waals surface area contributed by atoms with Gasteiger partial charge in [0.1, 0.15) is 6.54 Å². The molecule has 0 radical (unpaired) electrons. The average molecular weight is 387 g/mol. The first-order valence-electron chi connectivity index (χ1n) is 7.67. The van der Waals surface area contributed by atoms with Crippen molar-refractivity contribution in [2.75, 3.05) is 18.5 Å². The van der Waals surface area contributed by atoms with Crippen molar-refractivity contribution in [3.8, 4) is 12.3 Å². The molecular formula is C20H16Cl2N2O2. The number of nitrogens with one attached hydrogen (secondary N) is 1. The highest BCUT2D eigenvalue weighted by Crippen LogP contribution is 2.26. The molecule has 0 heterocycles. The van der Waals surface area contributed by atoms with Crippen LogP contribution in [0, 0.1) is 12.3 Å². The van der Waals surface area contributed by atoms with E-state index in [1.165, 1.54) is 24.1 Å². The van der Waals surface area contributed by atoms with Crippen LogP contribution < -0.4 is 10.2 Å². The Hall–Kier alpha value is -2.74. The van der Waals surface area contributed by atoms with Crippen molar-refractivity contribution < 1.29 is 9.59 Å². The van der Waals surface area contributed by atoms with Gasteiger partial charge in [-0.05, 0) is 36.4 Å². The molecule has 0 aliphatic carbocycles. The summed E-state index contributed by atoms with van der Waals surface area (Å²) in [6.45, 7) is -0.149. The number of likely N-dealkylation sites (N-methyl/N-ethyl adjacent to an activating group) is 1. The zero-order valence-corrected chi connectivity index (χ0v) is 15.5. The number of anilines is 1. The highest BCUT2D eigenvalue weighted by Gasteiger charge is 2.17. The lowest BCUT2D eigenvalue weighted by Crippen LogP contribution is -2.39. The molecule has 4 nitrogen and oxygen atoms in total. The van der Waals surface area contributed by atoms with E-state index in [2.05, 4.69) is 11.2 Å². The molecule has 0 aromatic heterocycles. The van der Waals surface area contributed by atoms with Gasteiger partial charge in [-0.2, -0.15) is 0 Å². The molecule has 0 bridgehead atoms. The molecule has 6 heteroatoms. The Bertz CT molecular complexity index is 881. The molecule has 26 heavy (non-hydrogen) atoms. The average Bonchev–Trinajstić information content (AvgIpc) is 2.65. The molecule has 0 fully saturated rings. The number of hydrogen-bond acceptors (Lipinski definition) is 2. The Morgan fingerprint density at radius 3 is 2.46 bits per heavy atom. The van der Waals surface area contributed by atoms with Gasteiger partial charge in [0.05, 0.1) is 0 Å². The van der Waals surface area contributed by atoms with Crippen LogP contribution in [-0.2, 0) is 9.59 Å². The smallest absolute Gasteiger partial charge is 0.251 e. The van der Waals surface area contributed by atoms with Crippen molar-refractivity contribution in [3.63, 3.8) is 0 Å². The first-order valence-corrected chi connectivity index (χ1v) is 8.42. The zero-order chi connectivity index (χ0) is 19.1. The van der Waals surface area contributed by atoms with E-state index in [-0.39, 0.29) is 12.5 Å². The van der Waals surface area contributed by atoms with Crippen LogP contribution in [0.25, 0.3) is 6.08 Å². The van der Waals surface area contributed by atoms with Gasteiger partial charge in [-0.3, -0.25) is 14.5 Å². The number of halogens is 2. The molecule has 0 saturated carbocycles. The van der Waals surface area contributed by atoms with Gasteiger partial charge < -0.3 is 5.32 Å². The number of carbonyl (C=O) groups is 2. The largest absolute Gasteiger partial charge is 0.358 e. The molecule has 2 aromatic carbocycles. The number of terminal acetylenes is 1. The van der Waals surface area contributed by atoms with E-state index in [9.17, 15) is 9.59 Å². The van der Waals surface area contributed by atoms with Crippen molar-refractivity contribution in [1.29, 1.82) is 0 Å². The number of benzene rings is 2. The lowest BCUT2D eigenvalue weighted by molar-refractivity contribution is -0.121. The van der Waals surface area contributed by atoms with Gasteiger partial charge in [0.25, 0.3) is 5.91 Å². The van der Waals surface area contributed by atoms with Crippen molar-refractivity contribution in [1.82, 2.24) is 5.32 Å². The highest BCUT2D eigenvalue weighted by molar-refractivity contribution is 6.37. The number of nitrogens with zero attached hydrogens (tertiary/aromatic N) is 1. The van der Waals surface area contributed by atoms with Crippen LogP contribution in [0.2, 0.25) is 10.0 Å². The second kappa shape index (κ2) is 9.10. The first kappa shape index (κ1) is 19.6. The maximum Gasteiger partial charge on any atom is 0.251 e. The standard InChI is InChI=1S/C20H16Cl2N2O2/c1-3-14-6-4-7-15(12-14)24(13-19(25)23-2)20(26)11-10-16-17(21)8-5-9-18(16)22/h1,4-12H,13H2,2H3,(H,23,25)/b11-10+. The second-order valence-corrected chi connectivity index (χ2v) is 6.08. The molecule has 0 aliphatic heterocycles. The SMILES string of the molecule is C#Cc1cccc(N(CC(=O)NC)C(=O)/C=C/c2c(Cl)cccc2Cl)c1. The van der Waals surface area contributed by atoms with Crippen LogP contribution in [0.3, 0.4) is 0 Å². The van der Waals surface area contributed by atoms with Gasteiger partial charge in [0.15, 0.2) is 0 Å². The maximum absolute atomic E-state index is 12.7. The molecule has 2 amide bonds. The Kier molecular flexibility index (Phi) is 6.85. The summed E-state index contributed by atoms with van der Waals surface area (Å²) in [7, 11) is 1.50. The van der Waals surface area contributed by atoms with Crippen molar-refractivity contribution >= 4 is 46.8 Å². The van der Waals surface area contributed by atoms with Gasteiger partial charge in [0.2, 0.25) is 5.91 Å². The quantitative estimate of drug-likeness (QED) is 0.627. The minimum Gasteiger partial charge on any atom is -0.358 e. The zero-order valence-electron chi connectivity index (χ0n) is 14.0. The predicted molar refractivity (Wildman–Crippen MR) is 106 cm³/mol. The summed E-state index contributed by atoms with van der Waals surface area (Å²) in [5.41, 5.74) is 1.65. The van der Waals surface area contributed by atoms with Crippen LogP contribution in [0.15, 0.2) is 48.5 Å². The Morgan fingerprint density at radius 1 is 1.19 bits per heavy atom. The molecule has 2 aromatic rings. The fraction of sp³-hybridized carbons (Fsp3) is 0.100. The molecular weight excluding hydrogens is 371 g/mol. The van der Waals surface area contributed by atoms with Crippen molar-refractivity contribution in [2.24, 2.45) is 0 Å². The summed E-state index contributed by atoms with van der Waals surface area (Å²) < 4.78 is 0. The minimum absolute atomic E-state index is 0.149. The van der Waals surface area contributed by atoms with E-state index in [0.29, 0.717) is 26.9 Å². The van der Waals surface area contributed by atoms with Crippen LogP contribution in [-0.4, -0.2) is 25.4 Å². The van der Waals surface area contributed by atoms with E-state index in [4.69, 9.17) is 29.6 Å².